The highest BCUT2D eigenvalue weighted by atomic mass is 16.6. The lowest BCUT2D eigenvalue weighted by atomic mass is 10.0. The van der Waals surface area contributed by atoms with Crippen LogP contribution in [0.3, 0.4) is 0 Å². The van der Waals surface area contributed by atoms with Gasteiger partial charge in [0, 0.05) is 19.1 Å². The summed E-state index contributed by atoms with van der Waals surface area (Å²) < 4.78 is 5.28. The zero-order chi connectivity index (χ0) is 11.3. The van der Waals surface area contributed by atoms with Crippen molar-refractivity contribution in [2.75, 3.05) is 19.7 Å². The van der Waals surface area contributed by atoms with E-state index in [1.165, 1.54) is 0 Å². The maximum absolute atomic E-state index is 9.36. The van der Waals surface area contributed by atoms with Gasteiger partial charge in [-0.25, -0.2) is 0 Å². The van der Waals surface area contributed by atoms with Gasteiger partial charge in [0.1, 0.15) is 0 Å². The molecular formula is C9H21N3O3. The predicted octanol–water partition coefficient (Wildman–Crippen LogP) is -2.28. The summed E-state index contributed by atoms with van der Waals surface area (Å²) in [6.07, 6.45) is 0.710. The van der Waals surface area contributed by atoms with Crippen LogP contribution in [0.2, 0.25) is 0 Å². The van der Waals surface area contributed by atoms with E-state index in [0.717, 1.165) is 12.8 Å². The molecule has 0 spiro atoms. The van der Waals surface area contributed by atoms with Crippen LogP contribution in [0.1, 0.15) is 12.8 Å². The van der Waals surface area contributed by atoms with Crippen LogP contribution in [0, 0.1) is 0 Å². The van der Waals surface area contributed by atoms with Crippen molar-refractivity contribution < 1.29 is 14.9 Å². The van der Waals surface area contributed by atoms with Gasteiger partial charge in [0.15, 0.2) is 6.29 Å². The van der Waals surface area contributed by atoms with Crippen LogP contribution in [0.15, 0.2) is 0 Å². The minimum atomic E-state index is -0.864. The molecule has 1 aliphatic rings. The molecule has 6 nitrogen and oxygen atoms in total. The van der Waals surface area contributed by atoms with Crippen LogP contribution < -0.4 is 16.8 Å². The fourth-order valence-corrected chi connectivity index (χ4v) is 1.53. The van der Waals surface area contributed by atoms with E-state index in [4.69, 9.17) is 21.3 Å². The quantitative estimate of drug-likeness (QED) is 0.356. The normalized spacial score (nSPS) is 34.0. The van der Waals surface area contributed by atoms with Crippen LogP contribution >= 0.6 is 0 Å². The average molecular weight is 219 g/mol. The first-order valence-corrected chi connectivity index (χ1v) is 5.29. The summed E-state index contributed by atoms with van der Waals surface area (Å²) in [6.45, 7) is 1.13. The summed E-state index contributed by atoms with van der Waals surface area (Å²) in [5, 5.41) is 21.1. The van der Waals surface area contributed by atoms with Crippen molar-refractivity contribution in [1.29, 1.82) is 0 Å². The standard InChI is InChI=1S/C9H21N3O3/c10-6(5-13)3-12-4-7-1-2-8(11)9(14)15-7/h6-9,12-14H,1-5,10-11H2/t6?,7-,8+,9-/m0/s1. The van der Waals surface area contributed by atoms with Crippen LogP contribution in [0.4, 0.5) is 0 Å². The lowest BCUT2D eigenvalue weighted by molar-refractivity contribution is -0.170. The number of rotatable bonds is 5. The second kappa shape index (κ2) is 6.37. The summed E-state index contributed by atoms with van der Waals surface area (Å²) in [5.74, 6) is 0. The highest BCUT2D eigenvalue weighted by Gasteiger charge is 2.26. The van der Waals surface area contributed by atoms with Crippen molar-refractivity contribution in [2.24, 2.45) is 11.5 Å². The molecule has 0 aromatic carbocycles. The minimum absolute atomic E-state index is 0.0225. The van der Waals surface area contributed by atoms with Crippen LogP contribution in [-0.4, -0.2) is 54.4 Å². The molecule has 1 fully saturated rings. The highest BCUT2D eigenvalue weighted by molar-refractivity contribution is 4.77. The van der Waals surface area contributed by atoms with E-state index in [2.05, 4.69) is 5.32 Å². The molecule has 90 valence electrons. The lowest BCUT2D eigenvalue weighted by Gasteiger charge is -2.31. The third-order valence-electron chi connectivity index (χ3n) is 2.53. The molecule has 4 atom stereocenters. The molecule has 0 amide bonds. The molecule has 1 aliphatic heterocycles. The third-order valence-corrected chi connectivity index (χ3v) is 2.53. The topological polar surface area (TPSA) is 114 Å². The Kier molecular flexibility index (Phi) is 5.44. The summed E-state index contributed by atoms with van der Waals surface area (Å²) >= 11 is 0. The van der Waals surface area contributed by atoms with Crippen molar-refractivity contribution in [3.05, 3.63) is 0 Å². The molecule has 0 bridgehead atoms. The van der Waals surface area contributed by atoms with Crippen molar-refractivity contribution in [3.63, 3.8) is 0 Å². The van der Waals surface area contributed by atoms with Gasteiger partial charge in [0.25, 0.3) is 0 Å². The smallest absolute Gasteiger partial charge is 0.170 e. The first kappa shape index (κ1) is 12.8. The molecule has 0 aliphatic carbocycles. The van der Waals surface area contributed by atoms with E-state index >= 15 is 0 Å². The molecule has 0 aromatic heterocycles. The van der Waals surface area contributed by atoms with E-state index in [9.17, 15) is 5.11 Å². The van der Waals surface area contributed by atoms with Gasteiger partial charge in [-0.3, -0.25) is 0 Å². The predicted molar refractivity (Wildman–Crippen MR) is 56.0 cm³/mol. The second-order valence-electron chi connectivity index (χ2n) is 3.99. The number of hydrogen-bond acceptors (Lipinski definition) is 6. The molecular weight excluding hydrogens is 198 g/mol. The van der Waals surface area contributed by atoms with Crippen LogP contribution in [-0.2, 0) is 4.74 Å². The maximum Gasteiger partial charge on any atom is 0.170 e. The van der Waals surface area contributed by atoms with E-state index < -0.39 is 6.29 Å². The Morgan fingerprint density at radius 3 is 2.80 bits per heavy atom. The highest BCUT2D eigenvalue weighted by Crippen LogP contribution is 2.15. The van der Waals surface area contributed by atoms with Gasteiger partial charge in [-0.1, -0.05) is 0 Å². The number of nitrogens with one attached hydrogen (secondary N) is 1. The summed E-state index contributed by atoms with van der Waals surface area (Å²) in [5.41, 5.74) is 11.1. The number of hydrogen-bond donors (Lipinski definition) is 5. The van der Waals surface area contributed by atoms with Crippen molar-refractivity contribution in [1.82, 2.24) is 5.32 Å². The van der Waals surface area contributed by atoms with E-state index in [1.807, 2.05) is 0 Å². The number of ether oxygens (including phenoxy) is 1. The van der Waals surface area contributed by atoms with Gasteiger partial charge >= 0.3 is 0 Å². The Bertz CT molecular complexity index is 182. The Balaban J connectivity index is 2.12. The Labute approximate surface area is 89.6 Å². The van der Waals surface area contributed by atoms with Gasteiger partial charge in [-0.05, 0) is 12.8 Å². The molecule has 15 heavy (non-hydrogen) atoms. The Morgan fingerprint density at radius 2 is 2.20 bits per heavy atom. The molecule has 7 N–H and O–H groups in total. The van der Waals surface area contributed by atoms with Crippen molar-refractivity contribution in [3.8, 4) is 0 Å². The Morgan fingerprint density at radius 1 is 1.47 bits per heavy atom. The van der Waals surface area contributed by atoms with Crippen LogP contribution in [0.5, 0.6) is 0 Å². The molecule has 1 saturated heterocycles. The van der Waals surface area contributed by atoms with Gasteiger partial charge in [0.2, 0.25) is 0 Å². The zero-order valence-corrected chi connectivity index (χ0v) is 8.80. The van der Waals surface area contributed by atoms with Crippen molar-refractivity contribution >= 4 is 0 Å². The van der Waals surface area contributed by atoms with Crippen LogP contribution in [0.25, 0.3) is 0 Å². The van der Waals surface area contributed by atoms with Gasteiger partial charge in [0.05, 0.1) is 18.8 Å². The lowest BCUT2D eigenvalue weighted by Crippen LogP contribution is -2.48. The molecule has 0 aromatic rings. The SMILES string of the molecule is NC(CO)CNC[C@@H]1CC[C@@H](N)[C@@H](O)O1. The molecule has 1 heterocycles. The average Bonchev–Trinajstić information content (AvgIpc) is 2.23. The zero-order valence-electron chi connectivity index (χ0n) is 8.80. The van der Waals surface area contributed by atoms with Gasteiger partial charge in [-0.2, -0.15) is 0 Å². The fraction of sp³-hybridized carbons (Fsp3) is 1.00. The second-order valence-corrected chi connectivity index (χ2v) is 3.99. The molecule has 1 rings (SSSR count). The van der Waals surface area contributed by atoms with Gasteiger partial charge < -0.3 is 31.7 Å². The summed E-state index contributed by atoms with van der Waals surface area (Å²) in [7, 11) is 0. The number of aliphatic hydroxyl groups is 2. The fourth-order valence-electron chi connectivity index (χ4n) is 1.53. The van der Waals surface area contributed by atoms with Gasteiger partial charge in [-0.15, -0.1) is 0 Å². The first-order chi connectivity index (χ1) is 7.13. The molecule has 0 saturated carbocycles. The first-order valence-electron chi connectivity index (χ1n) is 5.29. The van der Waals surface area contributed by atoms with E-state index in [0.29, 0.717) is 13.1 Å². The maximum atomic E-state index is 9.36. The van der Waals surface area contributed by atoms with Crippen molar-refractivity contribution in [2.45, 2.75) is 37.3 Å². The Hall–Kier alpha value is -0.240. The number of aliphatic hydroxyl groups excluding tert-OH is 2. The molecule has 1 unspecified atom stereocenters. The monoisotopic (exact) mass is 219 g/mol. The minimum Gasteiger partial charge on any atom is -0.395 e. The summed E-state index contributed by atoms with van der Waals surface area (Å²) in [4.78, 5) is 0. The van der Waals surface area contributed by atoms with E-state index in [1.54, 1.807) is 0 Å². The largest absolute Gasteiger partial charge is 0.395 e. The molecule has 6 heteroatoms. The third kappa shape index (κ3) is 4.42. The summed E-state index contributed by atoms with van der Waals surface area (Å²) in [6, 6.07) is -0.526. The van der Waals surface area contributed by atoms with E-state index in [-0.39, 0.29) is 24.8 Å². The number of nitrogens with two attached hydrogens (primary N) is 2. The molecule has 0 radical (unpaired) electrons.